The molecule has 0 aliphatic rings. The molecule has 1 aromatic rings. The summed E-state index contributed by atoms with van der Waals surface area (Å²) in [6, 6.07) is 1.42. The summed E-state index contributed by atoms with van der Waals surface area (Å²) in [6.45, 7) is 8.41. The molecule has 1 rings (SSSR count). The molecule has 1 heterocycles. The number of nitrogens with zero attached hydrogens (tertiary/aromatic N) is 2. The number of amides is 1. The number of rotatable bonds is 7. The first-order valence-electron chi connectivity index (χ1n) is 6.99. The minimum Gasteiger partial charge on any atom is -0.481 e. The molecule has 112 valence electrons. The Morgan fingerprint density at radius 2 is 2.05 bits per heavy atom. The van der Waals surface area contributed by atoms with Crippen LogP contribution in [0.2, 0.25) is 0 Å². The SMILES string of the molecule is CCC(CC(=O)O)NC(=O)c1cc(C(C)C)nn1CC. The lowest BCUT2D eigenvalue weighted by molar-refractivity contribution is -0.137. The van der Waals surface area contributed by atoms with Crippen LogP contribution in [0.25, 0.3) is 0 Å². The van der Waals surface area contributed by atoms with Gasteiger partial charge in [0.2, 0.25) is 0 Å². The van der Waals surface area contributed by atoms with E-state index in [2.05, 4.69) is 10.4 Å². The molecule has 2 N–H and O–H groups in total. The van der Waals surface area contributed by atoms with Gasteiger partial charge in [0.1, 0.15) is 5.69 Å². The highest BCUT2D eigenvalue weighted by molar-refractivity contribution is 5.93. The van der Waals surface area contributed by atoms with Crippen LogP contribution in [0.15, 0.2) is 6.07 Å². The Hall–Kier alpha value is -1.85. The van der Waals surface area contributed by atoms with E-state index in [-0.39, 0.29) is 24.3 Å². The van der Waals surface area contributed by atoms with Crippen molar-refractivity contribution in [3.63, 3.8) is 0 Å². The van der Waals surface area contributed by atoms with E-state index in [0.29, 0.717) is 18.7 Å². The Labute approximate surface area is 119 Å². The molecule has 1 amide bonds. The fourth-order valence-corrected chi connectivity index (χ4v) is 1.91. The van der Waals surface area contributed by atoms with E-state index in [4.69, 9.17) is 5.11 Å². The van der Waals surface area contributed by atoms with Crippen molar-refractivity contribution >= 4 is 11.9 Å². The topological polar surface area (TPSA) is 84.2 Å². The number of nitrogens with one attached hydrogen (secondary N) is 1. The highest BCUT2D eigenvalue weighted by atomic mass is 16.4. The Morgan fingerprint density at radius 3 is 2.50 bits per heavy atom. The standard InChI is InChI=1S/C14H23N3O3/c1-5-10(7-13(18)19)15-14(20)12-8-11(9(3)4)16-17(12)6-2/h8-10H,5-7H2,1-4H3,(H,15,20)(H,18,19). The van der Waals surface area contributed by atoms with Crippen LogP contribution in [0.5, 0.6) is 0 Å². The van der Waals surface area contributed by atoms with Gasteiger partial charge in [-0.15, -0.1) is 0 Å². The van der Waals surface area contributed by atoms with Crippen molar-refractivity contribution in [2.75, 3.05) is 0 Å². The molecule has 0 bridgehead atoms. The molecule has 0 aromatic carbocycles. The lowest BCUT2D eigenvalue weighted by Gasteiger charge is -2.14. The normalized spacial score (nSPS) is 12.4. The van der Waals surface area contributed by atoms with Crippen molar-refractivity contribution in [1.29, 1.82) is 0 Å². The maximum Gasteiger partial charge on any atom is 0.305 e. The summed E-state index contributed by atoms with van der Waals surface area (Å²) in [7, 11) is 0. The van der Waals surface area contributed by atoms with Crippen molar-refractivity contribution in [1.82, 2.24) is 15.1 Å². The zero-order valence-corrected chi connectivity index (χ0v) is 12.5. The first kappa shape index (κ1) is 16.2. The molecule has 0 saturated carbocycles. The zero-order chi connectivity index (χ0) is 15.3. The lowest BCUT2D eigenvalue weighted by Crippen LogP contribution is -2.37. The Balaban J connectivity index is 2.88. The third kappa shape index (κ3) is 4.08. The Kier molecular flexibility index (Phi) is 5.73. The summed E-state index contributed by atoms with van der Waals surface area (Å²) >= 11 is 0. The quantitative estimate of drug-likeness (QED) is 0.800. The highest BCUT2D eigenvalue weighted by Gasteiger charge is 2.20. The van der Waals surface area contributed by atoms with Crippen LogP contribution in [0.3, 0.4) is 0 Å². The van der Waals surface area contributed by atoms with Crippen molar-refractivity contribution in [3.05, 3.63) is 17.5 Å². The third-order valence-electron chi connectivity index (χ3n) is 3.17. The van der Waals surface area contributed by atoms with Gasteiger partial charge in [-0.05, 0) is 25.3 Å². The van der Waals surface area contributed by atoms with Crippen molar-refractivity contribution in [2.24, 2.45) is 0 Å². The summed E-state index contributed by atoms with van der Waals surface area (Å²) in [4.78, 5) is 23.0. The van der Waals surface area contributed by atoms with Crippen LogP contribution in [0.4, 0.5) is 0 Å². The molecule has 0 aliphatic carbocycles. The first-order valence-corrected chi connectivity index (χ1v) is 6.99. The second-order valence-electron chi connectivity index (χ2n) is 5.10. The van der Waals surface area contributed by atoms with E-state index in [0.717, 1.165) is 5.69 Å². The number of carbonyl (C=O) groups excluding carboxylic acids is 1. The molecule has 0 aliphatic heterocycles. The summed E-state index contributed by atoms with van der Waals surface area (Å²) in [5, 5.41) is 16.0. The predicted octanol–water partition coefficient (Wildman–Crippen LogP) is 2.01. The molecule has 20 heavy (non-hydrogen) atoms. The molecule has 0 saturated heterocycles. The number of carboxylic acids is 1. The molecule has 1 unspecified atom stereocenters. The van der Waals surface area contributed by atoms with Gasteiger partial charge in [0, 0.05) is 12.6 Å². The molecule has 0 fully saturated rings. The van der Waals surface area contributed by atoms with E-state index in [1.807, 2.05) is 27.7 Å². The molecule has 1 atom stereocenters. The van der Waals surface area contributed by atoms with Crippen molar-refractivity contribution in [2.45, 2.75) is 59.0 Å². The summed E-state index contributed by atoms with van der Waals surface area (Å²) in [5.74, 6) is -0.932. The first-order chi connectivity index (χ1) is 9.38. The number of aromatic nitrogens is 2. The van der Waals surface area contributed by atoms with Gasteiger partial charge in [-0.1, -0.05) is 20.8 Å². The van der Waals surface area contributed by atoms with Gasteiger partial charge >= 0.3 is 5.97 Å². The number of carbonyl (C=O) groups is 2. The molecule has 6 heteroatoms. The fraction of sp³-hybridized carbons (Fsp3) is 0.643. The van der Waals surface area contributed by atoms with Crippen LogP contribution in [-0.2, 0) is 11.3 Å². The van der Waals surface area contributed by atoms with Gasteiger partial charge in [0.15, 0.2) is 0 Å². The summed E-state index contributed by atoms with van der Waals surface area (Å²) in [6.07, 6.45) is 0.509. The van der Waals surface area contributed by atoms with Crippen LogP contribution in [0, 0.1) is 0 Å². The maximum atomic E-state index is 12.2. The van der Waals surface area contributed by atoms with E-state index < -0.39 is 5.97 Å². The van der Waals surface area contributed by atoms with Crippen LogP contribution < -0.4 is 5.32 Å². The molecule has 1 aromatic heterocycles. The molecule has 0 spiro atoms. The van der Waals surface area contributed by atoms with E-state index in [1.165, 1.54) is 0 Å². The highest BCUT2D eigenvalue weighted by Crippen LogP contribution is 2.15. The van der Waals surface area contributed by atoms with E-state index in [1.54, 1.807) is 10.7 Å². The second-order valence-corrected chi connectivity index (χ2v) is 5.10. The number of hydrogen-bond acceptors (Lipinski definition) is 3. The van der Waals surface area contributed by atoms with Gasteiger partial charge in [-0.25, -0.2) is 0 Å². The zero-order valence-electron chi connectivity index (χ0n) is 12.5. The van der Waals surface area contributed by atoms with Crippen molar-refractivity contribution < 1.29 is 14.7 Å². The lowest BCUT2D eigenvalue weighted by atomic mass is 10.1. The summed E-state index contributed by atoms with van der Waals surface area (Å²) < 4.78 is 1.65. The minimum atomic E-state index is -0.913. The maximum absolute atomic E-state index is 12.2. The fourth-order valence-electron chi connectivity index (χ4n) is 1.91. The van der Waals surface area contributed by atoms with Gasteiger partial charge in [0.25, 0.3) is 5.91 Å². The van der Waals surface area contributed by atoms with Crippen LogP contribution >= 0.6 is 0 Å². The number of aryl methyl sites for hydroxylation is 1. The van der Waals surface area contributed by atoms with E-state index >= 15 is 0 Å². The second kappa shape index (κ2) is 7.07. The largest absolute Gasteiger partial charge is 0.481 e. The van der Waals surface area contributed by atoms with Gasteiger partial charge < -0.3 is 10.4 Å². The molecule has 0 radical (unpaired) electrons. The van der Waals surface area contributed by atoms with Crippen LogP contribution in [0.1, 0.15) is 62.6 Å². The Bertz CT molecular complexity index is 480. The molecular formula is C14H23N3O3. The smallest absolute Gasteiger partial charge is 0.305 e. The monoisotopic (exact) mass is 281 g/mol. The number of hydrogen-bond donors (Lipinski definition) is 2. The average Bonchev–Trinajstić information content (AvgIpc) is 2.81. The predicted molar refractivity (Wildman–Crippen MR) is 75.8 cm³/mol. The summed E-state index contributed by atoms with van der Waals surface area (Å²) in [5.41, 5.74) is 1.35. The van der Waals surface area contributed by atoms with Crippen LogP contribution in [-0.4, -0.2) is 32.8 Å². The average molecular weight is 281 g/mol. The van der Waals surface area contributed by atoms with Gasteiger partial charge in [-0.2, -0.15) is 5.10 Å². The minimum absolute atomic E-state index is 0.0699. The number of carboxylic acid groups (broad SMARTS) is 1. The number of aliphatic carboxylic acids is 1. The van der Waals surface area contributed by atoms with Gasteiger partial charge in [-0.3, -0.25) is 14.3 Å². The van der Waals surface area contributed by atoms with Crippen molar-refractivity contribution in [3.8, 4) is 0 Å². The molecular weight excluding hydrogens is 258 g/mol. The third-order valence-corrected chi connectivity index (χ3v) is 3.17. The van der Waals surface area contributed by atoms with E-state index in [9.17, 15) is 9.59 Å². The van der Waals surface area contributed by atoms with Gasteiger partial charge in [0.05, 0.1) is 12.1 Å². The molecule has 6 nitrogen and oxygen atoms in total. The Morgan fingerprint density at radius 1 is 1.40 bits per heavy atom.